The number of carbonyl (C=O) groups is 1. The molecule has 1 heterocycles. The molecule has 1 aromatic rings. The first kappa shape index (κ1) is 19.9. The highest BCUT2D eigenvalue weighted by Crippen LogP contribution is 2.21. The lowest BCUT2D eigenvalue weighted by atomic mass is 10.1. The van der Waals surface area contributed by atoms with Gasteiger partial charge in [-0.05, 0) is 45.5 Å². The zero-order valence-electron chi connectivity index (χ0n) is 15.6. The molecule has 2 rings (SSSR count). The second kappa shape index (κ2) is 7.85. The molecule has 1 fully saturated rings. The molecule has 1 amide bonds. The molecule has 25 heavy (non-hydrogen) atoms. The zero-order valence-corrected chi connectivity index (χ0v) is 16.4. The van der Waals surface area contributed by atoms with Gasteiger partial charge in [-0.15, -0.1) is 0 Å². The van der Waals surface area contributed by atoms with E-state index in [2.05, 4.69) is 0 Å². The first-order valence-corrected chi connectivity index (χ1v) is 10.4. The second-order valence-electron chi connectivity index (χ2n) is 6.99. The van der Waals surface area contributed by atoms with Crippen molar-refractivity contribution in [3.05, 3.63) is 29.8 Å². The van der Waals surface area contributed by atoms with Crippen molar-refractivity contribution in [2.24, 2.45) is 0 Å². The van der Waals surface area contributed by atoms with Gasteiger partial charge in [0.05, 0.1) is 23.6 Å². The summed E-state index contributed by atoms with van der Waals surface area (Å²) in [6.07, 6.45) is 1.30. The van der Waals surface area contributed by atoms with Crippen molar-refractivity contribution < 1.29 is 17.9 Å². The Kier molecular flexibility index (Phi) is 6.24. The van der Waals surface area contributed by atoms with Gasteiger partial charge in [0.1, 0.15) is 0 Å². The van der Waals surface area contributed by atoms with Gasteiger partial charge in [0.2, 0.25) is 5.91 Å². The minimum Gasteiger partial charge on any atom is -0.372 e. The lowest BCUT2D eigenvalue weighted by Crippen LogP contribution is -2.50. The van der Waals surface area contributed by atoms with Crippen molar-refractivity contribution in [1.29, 1.82) is 0 Å². The molecule has 0 aliphatic carbocycles. The topological polar surface area (TPSA) is 66.9 Å². The van der Waals surface area contributed by atoms with Crippen LogP contribution in [0.15, 0.2) is 29.2 Å². The predicted molar refractivity (Wildman–Crippen MR) is 97.2 cm³/mol. The fourth-order valence-corrected chi connectivity index (χ4v) is 3.71. The van der Waals surface area contributed by atoms with Crippen LogP contribution in [0, 0.1) is 0 Å². The summed E-state index contributed by atoms with van der Waals surface area (Å²) in [4.78, 5) is 16.7. The standard InChI is InChI=1S/C18H28N2O4S/c1-13-10-20(11-14(2)24-13)18(21)12-19(4)15(3)16-6-8-17(9-7-16)25(5,22)23/h6-9,13-15H,10-12H2,1-5H3/t13-,14-,15+/m1/s1. The predicted octanol–water partition coefficient (Wildman–Crippen LogP) is 1.72. The van der Waals surface area contributed by atoms with Gasteiger partial charge in [0.15, 0.2) is 9.84 Å². The van der Waals surface area contributed by atoms with E-state index in [0.717, 1.165) is 5.56 Å². The van der Waals surface area contributed by atoms with Crippen molar-refractivity contribution in [3.8, 4) is 0 Å². The summed E-state index contributed by atoms with van der Waals surface area (Å²) in [5, 5.41) is 0. The van der Waals surface area contributed by atoms with E-state index < -0.39 is 9.84 Å². The number of rotatable bonds is 5. The van der Waals surface area contributed by atoms with E-state index in [0.29, 0.717) is 24.5 Å². The van der Waals surface area contributed by atoms with Gasteiger partial charge in [-0.2, -0.15) is 0 Å². The van der Waals surface area contributed by atoms with Gasteiger partial charge < -0.3 is 9.64 Å². The summed E-state index contributed by atoms with van der Waals surface area (Å²) >= 11 is 0. The molecular formula is C18H28N2O4S. The summed E-state index contributed by atoms with van der Waals surface area (Å²) in [7, 11) is -1.29. The lowest BCUT2D eigenvalue weighted by molar-refractivity contribution is -0.144. The maximum Gasteiger partial charge on any atom is 0.236 e. The van der Waals surface area contributed by atoms with E-state index in [4.69, 9.17) is 4.74 Å². The quantitative estimate of drug-likeness (QED) is 0.792. The Balaban J connectivity index is 2.00. The molecule has 0 N–H and O–H groups in total. The van der Waals surface area contributed by atoms with Crippen molar-refractivity contribution in [2.75, 3.05) is 32.9 Å². The SMILES string of the molecule is C[C@@H]1CN(C(=O)CN(C)[C@@H](C)c2ccc(S(C)(=O)=O)cc2)C[C@@H](C)O1. The summed E-state index contributed by atoms with van der Waals surface area (Å²) < 4.78 is 28.8. The van der Waals surface area contributed by atoms with Gasteiger partial charge >= 0.3 is 0 Å². The zero-order chi connectivity index (χ0) is 18.8. The Labute approximate surface area is 150 Å². The average Bonchev–Trinajstić information content (AvgIpc) is 2.52. The molecule has 3 atom stereocenters. The van der Waals surface area contributed by atoms with Gasteiger partial charge in [-0.1, -0.05) is 12.1 Å². The molecule has 1 aliphatic rings. The highest BCUT2D eigenvalue weighted by atomic mass is 32.2. The number of carbonyl (C=O) groups excluding carboxylic acids is 1. The third-order valence-corrected chi connectivity index (χ3v) is 5.74. The van der Waals surface area contributed by atoms with Crippen LogP contribution in [0.3, 0.4) is 0 Å². The van der Waals surface area contributed by atoms with Crippen molar-refractivity contribution in [2.45, 2.75) is 43.9 Å². The highest BCUT2D eigenvalue weighted by Gasteiger charge is 2.27. The number of nitrogens with zero attached hydrogens (tertiary/aromatic N) is 2. The van der Waals surface area contributed by atoms with Gasteiger partial charge in [0, 0.05) is 25.4 Å². The Morgan fingerprint density at radius 2 is 1.76 bits per heavy atom. The van der Waals surface area contributed by atoms with E-state index in [1.807, 2.05) is 37.6 Å². The molecule has 0 unspecified atom stereocenters. The lowest BCUT2D eigenvalue weighted by Gasteiger charge is -2.36. The molecule has 1 saturated heterocycles. The third-order valence-electron chi connectivity index (χ3n) is 4.61. The van der Waals surface area contributed by atoms with E-state index in [1.54, 1.807) is 24.3 Å². The number of morpholine rings is 1. The van der Waals surface area contributed by atoms with Crippen LogP contribution in [-0.2, 0) is 19.4 Å². The molecule has 0 saturated carbocycles. The fraction of sp³-hybridized carbons (Fsp3) is 0.611. The molecule has 140 valence electrons. The Hall–Kier alpha value is -1.44. The van der Waals surface area contributed by atoms with E-state index >= 15 is 0 Å². The summed E-state index contributed by atoms with van der Waals surface area (Å²) in [6, 6.07) is 6.85. The van der Waals surface area contributed by atoms with E-state index in [-0.39, 0.29) is 24.2 Å². The first-order chi connectivity index (χ1) is 11.6. The highest BCUT2D eigenvalue weighted by molar-refractivity contribution is 7.90. The molecule has 1 aliphatic heterocycles. The molecule has 1 aromatic carbocycles. The van der Waals surface area contributed by atoms with Crippen LogP contribution >= 0.6 is 0 Å². The number of hydrogen-bond acceptors (Lipinski definition) is 5. The number of benzene rings is 1. The van der Waals surface area contributed by atoms with Crippen LogP contribution < -0.4 is 0 Å². The molecule has 7 heteroatoms. The minimum atomic E-state index is -3.20. The summed E-state index contributed by atoms with van der Waals surface area (Å²) in [5.74, 6) is 0.0871. The van der Waals surface area contributed by atoms with E-state index in [1.165, 1.54) is 6.26 Å². The number of likely N-dealkylation sites (N-methyl/N-ethyl adjacent to an activating group) is 1. The summed E-state index contributed by atoms with van der Waals surface area (Å²) in [6.45, 7) is 7.52. The van der Waals surface area contributed by atoms with Crippen LogP contribution in [0.1, 0.15) is 32.4 Å². The van der Waals surface area contributed by atoms with Gasteiger partial charge in [-0.3, -0.25) is 9.69 Å². The summed E-state index contributed by atoms with van der Waals surface area (Å²) in [5.41, 5.74) is 0.978. The van der Waals surface area contributed by atoms with Gasteiger partial charge in [0.25, 0.3) is 0 Å². The van der Waals surface area contributed by atoms with Gasteiger partial charge in [-0.25, -0.2) is 8.42 Å². The largest absolute Gasteiger partial charge is 0.372 e. The van der Waals surface area contributed by atoms with Crippen LogP contribution in [0.25, 0.3) is 0 Å². The molecule has 0 spiro atoms. The number of ether oxygens (including phenoxy) is 1. The minimum absolute atomic E-state index is 0.00782. The Bertz CT molecular complexity index is 692. The Morgan fingerprint density at radius 1 is 1.24 bits per heavy atom. The number of hydrogen-bond donors (Lipinski definition) is 0. The average molecular weight is 368 g/mol. The normalized spacial score (nSPS) is 22.9. The second-order valence-corrected chi connectivity index (χ2v) is 9.00. The molecule has 6 nitrogen and oxygen atoms in total. The van der Waals surface area contributed by atoms with Crippen LogP contribution in [0.2, 0.25) is 0 Å². The van der Waals surface area contributed by atoms with E-state index in [9.17, 15) is 13.2 Å². The Morgan fingerprint density at radius 3 is 2.24 bits per heavy atom. The number of amides is 1. The maximum atomic E-state index is 12.6. The third kappa shape index (κ3) is 5.26. The first-order valence-electron chi connectivity index (χ1n) is 8.51. The van der Waals surface area contributed by atoms with Crippen molar-refractivity contribution in [3.63, 3.8) is 0 Å². The molecule has 0 radical (unpaired) electrons. The van der Waals surface area contributed by atoms with Crippen molar-refractivity contribution in [1.82, 2.24) is 9.80 Å². The smallest absolute Gasteiger partial charge is 0.236 e. The number of sulfone groups is 1. The maximum absolute atomic E-state index is 12.6. The van der Waals surface area contributed by atoms with Crippen LogP contribution in [0.5, 0.6) is 0 Å². The van der Waals surface area contributed by atoms with Crippen LogP contribution in [0.4, 0.5) is 0 Å². The van der Waals surface area contributed by atoms with Crippen molar-refractivity contribution >= 4 is 15.7 Å². The monoisotopic (exact) mass is 368 g/mol. The fourth-order valence-electron chi connectivity index (χ4n) is 3.08. The molecule has 0 bridgehead atoms. The molecular weight excluding hydrogens is 340 g/mol. The van der Waals surface area contributed by atoms with Crippen LogP contribution in [-0.4, -0.2) is 69.3 Å². The molecule has 0 aromatic heterocycles.